The number of benzene rings is 1. The maximum Gasteiger partial charge on any atom is 0.416 e. The number of halogens is 3. The molecule has 1 heterocycles. The Balaban J connectivity index is 1.98. The van der Waals surface area contributed by atoms with Crippen molar-refractivity contribution in [1.29, 1.82) is 0 Å². The summed E-state index contributed by atoms with van der Waals surface area (Å²) in [6.45, 7) is 8.60. The molecule has 1 aromatic rings. The number of alkyl halides is 3. The van der Waals surface area contributed by atoms with Crippen LogP contribution in [0.25, 0.3) is 0 Å². The number of rotatable bonds is 7. The molecule has 0 aliphatic carbocycles. The van der Waals surface area contributed by atoms with Gasteiger partial charge in [0.1, 0.15) is 0 Å². The van der Waals surface area contributed by atoms with Crippen LogP contribution in [0.1, 0.15) is 37.8 Å². The standard InChI is InChI=1S/C19H29F3N2O/c1-15(2)6-8-24-10-9-23(14-18(24)7-11-25)13-16-4-3-5-17(12-16)19(20,21)22/h3-5,12,15,18,25H,6-11,13-14H2,1-2H3/t18-/m1/s1. The van der Waals surface area contributed by atoms with Crippen LogP contribution in [-0.4, -0.2) is 53.7 Å². The van der Waals surface area contributed by atoms with Crippen molar-refractivity contribution in [3.63, 3.8) is 0 Å². The second-order valence-electron chi connectivity index (χ2n) is 7.32. The molecule has 0 radical (unpaired) electrons. The lowest BCUT2D eigenvalue weighted by Crippen LogP contribution is -2.53. The normalized spacial score (nSPS) is 20.4. The summed E-state index contributed by atoms with van der Waals surface area (Å²) in [6, 6.07) is 5.85. The first-order valence-corrected chi connectivity index (χ1v) is 9.03. The summed E-state index contributed by atoms with van der Waals surface area (Å²) in [5, 5.41) is 9.35. The zero-order chi connectivity index (χ0) is 18.4. The van der Waals surface area contributed by atoms with E-state index in [-0.39, 0.29) is 12.6 Å². The fourth-order valence-electron chi connectivity index (χ4n) is 3.35. The Morgan fingerprint density at radius 1 is 1.24 bits per heavy atom. The van der Waals surface area contributed by atoms with Crippen molar-refractivity contribution in [2.24, 2.45) is 5.92 Å². The highest BCUT2D eigenvalue weighted by atomic mass is 19.4. The van der Waals surface area contributed by atoms with Crippen molar-refractivity contribution in [3.8, 4) is 0 Å². The van der Waals surface area contributed by atoms with Crippen molar-refractivity contribution in [1.82, 2.24) is 9.80 Å². The summed E-state index contributed by atoms with van der Waals surface area (Å²) in [7, 11) is 0. The van der Waals surface area contributed by atoms with Gasteiger partial charge in [0.2, 0.25) is 0 Å². The lowest BCUT2D eigenvalue weighted by atomic mass is 10.0. The molecule has 1 aliphatic heterocycles. The monoisotopic (exact) mass is 358 g/mol. The molecule has 2 rings (SSSR count). The second-order valence-corrected chi connectivity index (χ2v) is 7.32. The van der Waals surface area contributed by atoms with Crippen LogP contribution in [0.3, 0.4) is 0 Å². The topological polar surface area (TPSA) is 26.7 Å². The lowest BCUT2D eigenvalue weighted by Gasteiger charge is -2.41. The molecule has 6 heteroatoms. The zero-order valence-electron chi connectivity index (χ0n) is 15.1. The van der Waals surface area contributed by atoms with Crippen molar-refractivity contribution in [3.05, 3.63) is 35.4 Å². The molecule has 1 atom stereocenters. The molecule has 0 aromatic heterocycles. The molecule has 25 heavy (non-hydrogen) atoms. The summed E-state index contributed by atoms with van der Waals surface area (Å²) in [4.78, 5) is 4.61. The van der Waals surface area contributed by atoms with E-state index in [2.05, 4.69) is 23.6 Å². The highest BCUT2D eigenvalue weighted by Gasteiger charge is 2.31. The van der Waals surface area contributed by atoms with Crippen LogP contribution in [-0.2, 0) is 12.7 Å². The van der Waals surface area contributed by atoms with Gasteiger partial charge in [-0.3, -0.25) is 9.80 Å². The van der Waals surface area contributed by atoms with Gasteiger partial charge in [0.15, 0.2) is 0 Å². The summed E-state index contributed by atoms with van der Waals surface area (Å²) >= 11 is 0. The molecule has 0 bridgehead atoms. The third-order valence-electron chi connectivity index (χ3n) is 4.81. The molecule has 1 aromatic carbocycles. The number of nitrogens with zero attached hydrogens (tertiary/aromatic N) is 2. The van der Waals surface area contributed by atoms with Crippen LogP contribution in [0.5, 0.6) is 0 Å². The van der Waals surface area contributed by atoms with E-state index >= 15 is 0 Å². The maximum atomic E-state index is 12.9. The quantitative estimate of drug-likeness (QED) is 0.806. The molecule has 0 saturated carbocycles. The third-order valence-corrected chi connectivity index (χ3v) is 4.81. The molecular weight excluding hydrogens is 329 g/mol. The van der Waals surface area contributed by atoms with E-state index < -0.39 is 11.7 Å². The minimum atomic E-state index is -4.30. The first kappa shape index (κ1) is 20.2. The number of aliphatic hydroxyl groups excluding tert-OH is 1. The molecule has 1 aliphatic rings. The highest BCUT2D eigenvalue weighted by Crippen LogP contribution is 2.30. The van der Waals surface area contributed by atoms with Crippen molar-refractivity contribution in [2.45, 2.75) is 45.5 Å². The van der Waals surface area contributed by atoms with Gasteiger partial charge in [-0.15, -0.1) is 0 Å². The van der Waals surface area contributed by atoms with E-state index in [1.165, 1.54) is 12.1 Å². The van der Waals surface area contributed by atoms with Gasteiger partial charge in [0.05, 0.1) is 5.56 Å². The van der Waals surface area contributed by atoms with Crippen LogP contribution in [0.15, 0.2) is 24.3 Å². The summed E-state index contributed by atoms with van der Waals surface area (Å²) in [5.41, 5.74) is 0.0979. The minimum Gasteiger partial charge on any atom is -0.396 e. The second kappa shape index (κ2) is 9.01. The predicted octanol–water partition coefficient (Wildman–Crippen LogP) is 3.62. The largest absolute Gasteiger partial charge is 0.416 e. The van der Waals surface area contributed by atoms with Crippen LogP contribution < -0.4 is 0 Å². The van der Waals surface area contributed by atoms with E-state index in [1.54, 1.807) is 6.07 Å². The maximum absolute atomic E-state index is 12.9. The molecule has 0 unspecified atom stereocenters. The van der Waals surface area contributed by atoms with E-state index in [9.17, 15) is 18.3 Å². The molecule has 142 valence electrons. The van der Waals surface area contributed by atoms with Gasteiger partial charge in [0.25, 0.3) is 0 Å². The van der Waals surface area contributed by atoms with Crippen LogP contribution >= 0.6 is 0 Å². The van der Waals surface area contributed by atoms with Crippen LogP contribution in [0, 0.1) is 5.92 Å². The highest BCUT2D eigenvalue weighted by molar-refractivity contribution is 5.25. The van der Waals surface area contributed by atoms with E-state index in [4.69, 9.17) is 0 Å². The molecule has 1 saturated heterocycles. The molecule has 0 spiro atoms. The Kier molecular flexibility index (Phi) is 7.28. The summed E-state index contributed by atoms with van der Waals surface area (Å²) < 4.78 is 38.6. The average molecular weight is 358 g/mol. The Morgan fingerprint density at radius 2 is 2.00 bits per heavy atom. The summed E-state index contributed by atoms with van der Waals surface area (Å²) in [6.07, 6.45) is -2.47. The number of hydrogen-bond donors (Lipinski definition) is 1. The summed E-state index contributed by atoms with van der Waals surface area (Å²) in [5.74, 6) is 0.637. The van der Waals surface area contributed by atoms with Gasteiger partial charge in [-0.05, 0) is 36.9 Å². The Labute approximate surface area is 148 Å². The van der Waals surface area contributed by atoms with Crippen molar-refractivity contribution < 1.29 is 18.3 Å². The van der Waals surface area contributed by atoms with Gasteiger partial charge in [0, 0.05) is 38.8 Å². The predicted molar refractivity (Wildman–Crippen MR) is 93.2 cm³/mol. The van der Waals surface area contributed by atoms with E-state index in [1.807, 2.05) is 0 Å². The fourth-order valence-corrected chi connectivity index (χ4v) is 3.35. The third kappa shape index (κ3) is 6.28. The average Bonchev–Trinajstić information content (AvgIpc) is 2.54. The number of piperazine rings is 1. The first-order chi connectivity index (χ1) is 11.8. The number of aliphatic hydroxyl groups is 1. The Bertz CT molecular complexity index is 534. The number of hydrogen-bond acceptors (Lipinski definition) is 3. The van der Waals surface area contributed by atoms with Gasteiger partial charge in [-0.1, -0.05) is 32.0 Å². The molecule has 1 fully saturated rings. The SMILES string of the molecule is CC(C)CCN1CCN(Cc2cccc(C(F)(F)F)c2)C[C@H]1CCO. The zero-order valence-corrected chi connectivity index (χ0v) is 15.1. The van der Waals surface area contributed by atoms with Gasteiger partial charge in [-0.25, -0.2) is 0 Å². The van der Waals surface area contributed by atoms with E-state index in [0.29, 0.717) is 24.4 Å². The van der Waals surface area contributed by atoms with E-state index in [0.717, 1.165) is 38.7 Å². The molecule has 0 amide bonds. The van der Waals surface area contributed by atoms with Gasteiger partial charge < -0.3 is 5.11 Å². The molecular formula is C19H29F3N2O. The fraction of sp³-hybridized carbons (Fsp3) is 0.684. The van der Waals surface area contributed by atoms with Gasteiger partial charge >= 0.3 is 6.18 Å². The first-order valence-electron chi connectivity index (χ1n) is 9.03. The van der Waals surface area contributed by atoms with Gasteiger partial charge in [-0.2, -0.15) is 13.2 Å². The van der Waals surface area contributed by atoms with Crippen LogP contribution in [0.2, 0.25) is 0 Å². The Morgan fingerprint density at radius 3 is 2.64 bits per heavy atom. The smallest absolute Gasteiger partial charge is 0.396 e. The Hall–Kier alpha value is -1.11. The van der Waals surface area contributed by atoms with Crippen molar-refractivity contribution in [2.75, 3.05) is 32.8 Å². The van der Waals surface area contributed by atoms with Crippen molar-refractivity contribution >= 4 is 0 Å². The lowest BCUT2D eigenvalue weighted by molar-refractivity contribution is -0.137. The molecule has 1 N–H and O–H groups in total. The van der Waals surface area contributed by atoms with Crippen LogP contribution in [0.4, 0.5) is 13.2 Å². The molecule has 3 nitrogen and oxygen atoms in total. The minimum absolute atomic E-state index is 0.139.